The number of halogens is 1. The molecular weight excluding hydrogens is 362 g/mol. The van der Waals surface area contributed by atoms with Crippen LogP contribution >= 0.6 is 0 Å². The van der Waals surface area contributed by atoms with Gasteiger partial charge in [0.25, 0.3) is 0 Å². The lowest BCUT2D eigenvalue weighted by atomic mass is 9.78. The van der Waals surface area contributed by atoms with Gasteiger partial charge in [-0.25, -0.2) is 9.07 Å². The second kappa shape index (κ2) is 9.77. The van der Waals surface area contributed by atoms with Crippen LogP contribution in [0.4, 0.5) is 4.39 Å². The summed E-state index contributed by atoms with van der Waals surface area (Å²) in [6.45, 7) is 9.64. The zero-order chi connectivity index (χ0) is 20.7. The molecule has 0 fully saturated rings. The minimum Gasteiger partial charge on any atom is -0.423 e. The molecule has 1 aromatic carbocycles. The zero-order valence-corrected chi connectivity index (χ0v) is 16.0. The van der Waals surface area contributed by atoms with Crippen molar-refractivity contribution in [3.63, 3.8) is 0 Å². The molecule has 0 spiro atoms. The van der Waals surface area contributed by atoms with Crippen LogP contribution in [0.2, 0.25) is 0 Å². The fourth-order valence-electron chi connectivity index (χ4n) is 2.41. The van der Waals surface area contributed by atoms with E-state index >= 15 is 0 Å². The van der Waals surface area contributed by atoms with Crippen LogP contribution in [0.3, 0.4) is 0 Å². The van der Waals surface area contributed by atoms with Gasteiger partial charge in [0, 0.05) is 5.70 Å². The van der Waals surface area contributed by atoms with Gasteiger partial charge in [-0.1, -0.05) is 11.8 Å². The summed E-state index contributed by atoms with van der Waals surface area (Å²) in [5.74, 6) is -0.247. The standard InChI is InChI=1S/C10H10FN3.C9H12BNO3/c1-7-8(2)14(13-12-7)10-5-3-9(11)4-6-10;1-3-8(11-6-12)4-9-7(2)5-14-10(9)13/h3-6H,1-2H3;3-4,6,13H,1,5H2,2H3,(H,11,12)/b;8-4+. The van der Waals surface area contributed by atoms with Crippen LogP contribution in [0.5, 0.6) is 0 Å². The highest BCUT2D eigenvalue weighted by Crippen LogP contribution is 2.18. The van der Waals surface area contributed by atoms with E-state index in [-0.39, 0.29) is 5.82 Å². The molecule has 0 bridgehead atoms. The first-order chi connectivity index (χ1) is 13.4. The predicted octanol–water partition coefficient (Wildman–Crippen LogP) is 2.19. The molecule has 0 aliphatic carbocycles. The Morgan fingerprint density at radius 2 is 2.04 bits per heavy atom. The highest BCUT2D eigenvalue weighted by molar-refractivity contribution is 6.54. The van der Waals surface area contributed by atoms with E-state index in [0.29, 0.717) is 24.2 Å². The molecule has 0 unspecified atom stereocenters. The molecule has 28 heavy (non-hydrogen) atoms. The number of hydrogen-bond acceptors (Lipinski definition) is 5. The van der Waals surface area contributed by atoms with E-state index < -0.39 is 7.12 Å². The first-order valence-corrected chi connectivity index (χ1v) is 8.55. The third-order valence-electron chi connectivity index (χ3n) is 4.17. The van der Waals surface area contributed by atoms with E-state index in [1.807, 2.05) is 20.8 Å². The van der Waals surface area contributed by atoms with E-state index in [0.717, 1.165) is 22.6 Å². The average Bonchev–Trinajstić information content (AvgIpc) is 3.18. The second-order valence-electron chi connectivity index (χ2n) is 6.11. The number of amides is 1. The number of aryl methyl sites for hydroxylation is 1. The maximum absolute atomic E-state index is 12.7. The molecule has 3 rings (SSSR count). The monoisotopic (exact) mass is 384 g/mol. The Labute approximate surface area is 163 Å². The molecule has 0 radical (unpaired) electrons. The summed E-state index contributed by atoms with van der Waals surface area (Å²) in [5.41, 5.74) is 4.84. The number of rotatable bonds is 5. The van der Waals surface area contributed by atoms with E-state index in [2.05, 4.69) is 22.2 Å². The normalized spacial score (nSPS) is 13.9. The molecule has 1 amide bonds. The third-order valence-corrected chi connectivity index (χ3v) is 4.17. The molecule has 2 aromatic rings. The lowest BCUT2D eigenvalue weighted by molar-refractivity contribution is -0.108. The molecule has 1 aromatic heterocycles. The molecule has 9 heteroatoms. The summed E-state index contributed by atoms with van der Waals surface area (Å²) in [6, 6.07) is 6.17. The molecule has 1 aliphatic heterocycles. The molecule has 7 nitrogen and oxygen atoms in total. The van der Waals surface area contributed by atoms with Crippen LogP contribution in [0, 0.1) is 19.7 Å². The Kier molecular flexibility index (Phi) is 7.42. The van der Waals surface area contributed by atoms with Crippen LogP contribution in [-0.4, -0.2) is 40.2 Å². The molecule has 2 N–H and O–H groups in total. The maximum atomic E-state index is 12.7. The second-order valence-corrected chi connectivity index (χ2v) is 6.11. The average molecular weight is 384 g/mol. The van der Waals surface area contributed by atoms with Crippen molar-refractivity contribution < 1.29 is 18.9 Å². The molecule has 0 saturated carbocycles. The summed E-state index contributed by atoms with van der Waals surface area (Å²) in [4.78, 5) is 10.2. The van der Waals surface area contributed by atoms with Gasteiger partial charge < -0.3 is 15.0 Å². The van der Waals surface area contributed by atoms with E-state index in [1.54, 1.807) is 22.9 Å². The van der Waals surface area contributed by atoms with Gasteiger partial charge in [0.05, 0.1) is 23.7 Å². The topological polar surface area (TPSA) is 89.3 Å². The number of hydrogen-bond donors (Lipinski definition) is 2. The molecule has 1 aliphatic rings. The number of benzene rings is 1. The number of carbonyl (C=O) groups is 1. The molecular formula is C19H22BFN4O3. The van der Waals surface area contributed by atoms with Crippen molar-refractivity contribution in [2.45, 2.75) is 20.8 Å². The Hall–Kier alpha value is -3.04. The van der Waals surface area contributed by atoms with Crippen molar-refractivity contribution in [3.05, 3.63) is 76.9 Å². The van der Waals surface area contributed by atoms with Crippen LogP contribution in [0.15, 0.2) is 59.7 Å². The van der Waals surface area contributed by atoms with Gasteiger partial charge in [0.15, 0.2) is 0 Å². The van der Waals surface area contributed by atoms with Crippen molar-refractivity contribution in [1.29, 1.82) is 0 Å². The number of nitrogens with zero attached hydrogens (tertiary/aromatic N) is 3. The zero-order valence-electron chi connectivity index (χ0n) is 16.0. The lowest BCUT2D eigenvalue weighted by Crippen LogP contribution is -2.16. The van der Waals surface area contributed by atoms with Crippen molar-refractivity contribution in [3.8, 4) is 5.69 Å². The number of carbonyl (C=O) groups excluding carboxylic acids is 1. The molecule has 146 valence electrons. The van der Waals surface area contributed by atoms with Gasteiger partial charge in [-0.2, -0.15) is 0 Å². The summed E-state index contributed by atoms with van der Waals surface area (Å²) in [7, 11) is -0.904. The minimum atomic E-state index is -0.904. The van der Waals surface area contributed by atoms with Gasteiger partial charge in [-0.05, 0) is 68.2 Å². The molecule has 2 heterocycles. The van der Waals surface area contributed by atoms with Gasteiger partial charge >= 0.3 is 7.12 Å². The molecule has 0 saturated heterocycles. The Balaban J connectivity index is 0.000000200. The van der Waals surface area contributed by atoms with Gasteiger partial charge in [0.2, 0.25) is 6.41 Å². The summed E-state index contributed by atoms with van der Waals surface area (Å²) >= 11 is 0. The van der Waals surface area contributed by atoms with Gasteiger partial charge in [-0.3, -0.25) is 4.79 Å². The first-order valence-electron chi connectivity index (χ1n) is 8.55. The summed E-state index contributed by atoms with van der Waals surface area (Å²) in [5, 5.41) is 19.8. The quantitative estimate of drug-likeness (QED) is 0.469. The Bertz CT molecular complexity index is 906. The SMILES string of the molecule is C=C/C(=C\C1=C(C)COB1O)NC=O.Cc1nnn(-c2ccc(F)cc2)c1C. The van der Waals surface area contributed by atoms with Gasteiger partial charge in [0.1, 0.15) is 5.82 Å². The summed E-state index contributed by atoms with van der Waals surface area (Å²) in [6.07, 6.45) is 3.71. The fourth-order valence-corrected chi connectivity index (χ4v) is 2.41. The van der Waals surface area contributed by atoms with Crippen LogP contribution in [-0.2, 0) is 9.45 Å². The van der Waals surface area contributed by atoms with Crippen LogP contribution in [0.1, 0.15) is 18.3 Å². The van der Waals surface area contributed by atoms with Crippen molar-refractivity contribution in [1.82, 2.24) is 20.3 Å². The maximum Gasteiger partial charge on any atom is 0.491 e. The number of allylic oxidation sites excluding steroid dienone is 3. The van der Waals surface area contributed by atoms with Crippen LogP contribution in [0.25, 0.3) is 5.69 Å². The minimum absolute atomic E-state index is 0.247. The summed E-state index contributed by atoms with van der Waals surface area (Å²) < 4.78 is 19.3. The highest BCUT2D eigenvalue weighted by Gasteiger charge is 2.26. The third kappa shape index (κ3) is 5.24. The van der Waals surface area contributed by atoms with E-state index in [9.17, 15) is 14.2 Å². The van der Waals surface area contributed by atoms with Crippen molar-refractivity contribution >= 4 is 13.5 Å². The number of aromatic nitrogens is 3. The predicted molar refractivity (Wildman–Crippen MR) is 105 cm³/mol. The smallest absolute Gasteiger partial charge is 0.423 e. The van der Waals surface area contributed by atoms with E-state index in [1.165, 1.54) is 18.2 Å². The fraction of sp³-hybridized carbons (Fsp3) is 0.211. The molecule has 0 atom stereocenters. The van der Waals surface area contributed by atoms with Gasteiger partial charge in [-0.15, -0.1) is 5.10 Å². The Morgan fingerprint density at radius 3 is 2.50 bits per heavy atom. The first kappa shape index (κ1) is 21.3. The Morgan fingerprint density at radius 1 is 1.36 bits per heavy atom. The van der Waals surface area contributed by atoms with Crippen LogP contribution < -0.4 is 5.32 Å². The highest BCUT2D eigenvalue weighted by atomic mass is 19.1. The van der Waals surface area contributed by atoms with Crippen molar-refractivity contribution in [2.75, 3.05) is 6.61 Å². The number of nitrogens with one attached hydrogen (secondary N) is 1. The van der Waals surface area contributed by atoms with Crippen molar-refractivity contribution in [2.24, 2.45) is 0 Å². The largest absolute Gasteiger partial charge is 0.491 e. The van der Waals surface area contributed by atoms with E-state index in [4.69, 9.17) is 4.65 Å². The lowest BCUT2D eigenvalue weighted by Gasteiger charge is -2.02.